The van der Waals surface area contributed by atoms with Crippen LogP contribution in [0.1, 0.15) is 75.3 Å². The summed E-state index contributed by atoms with van der Waals surface area (Å²) in [4.78, 5) is 61.0. The first-order valence-electron chi connectivity index (χ1n) is 15.6. The molecule has 3 aliphatic rings. The molecule has 4 atom stereocenters. The Bertz CT molecular complexity index is 1800. The maximum absolute atomic E-state index is 14.9. The molecule has 2 aromatic carbocycles. The molecule has 6 rings (SSSR count). The number of hydrogen-bond acceptors (Lipinski definition) is 5. The second kappa shape index (κ2) is 11.2. The number of rotatable bonds is 7. The van der Waals surface area contributed by atoms with Crippen molar-refractivity contribution >= 4 is 40.2 Å². The number of carbonyl (C=O) groups excluding carboxylic acids is 4. The summed E-state index contributed by atoms with van der Waals surface area (Å²) < 4.78 is 16.6. The van der Waals surface area contributed by atoms with E-state index in [1.54, 1.807) is 23.0 Å². The van der Waals surface area contributed by atoms with Crippen LogP contribution in [0.3, 0.4) is 0 Å². The minimum absolute atomic E-state index is 0.0159. The van der Waals surface area contributed by atoms with E-state index >= 15 is 0 Å². The van der Waals surface area contributed by atoms with Crippen LogP contribution in [0.15, 0.2) is 42.6 Å². The first-order valence-corrected chi connectivity index (χ1v) is 15.6. The summed E-state index contributed by atoms with van der Waals surface area (Å²) in [5.74, 6) is -2.45. The van der Waals surface area contributed by atoms with Crippen molar-refractivity contribution in [2.24, 2.45) is 5.41 Å². The van der Waals surface area contributed by atoms with E-state index < -0.39 is 47.2 Å². The van der Waals surface area contributed by atoms with Gasteiger partial charge >= 0.3 is 6.17 Å². The van der Waals surface area contributed by atoms with E-state index in [1.807, 2.05) is 39.0 Å². The lowest BCUT2D eigenvalue weighted by Gasteiger charge is -2.36. The molecule has 0 bridgehead atoms. The average Bonchev–Trinajstić information content (AvgIpc) is 3.55. The molecule has 1 saturated heterocycles. The van der Waals surface area contributed by atoms with Gasteiger partial charge in [0.15, 0.2) is 5.82 Å². The van der Waals surface area contributed by atoms with Gasteiger partial charge in [-0.25, -0.2) is 11.0 Å². The number of benzene rings is 2. The number of hydrogen-bond donors (Lipinski definition) is 2. The molecule has 2 N–H and O–H groups in total. The first-order chi connectivity index (χ1) is 21.7. The maximum atomic E-state index is 14.9. The van der Waals surface area contributed by atoms with Crippen LogP contribution in [-0.4, -0.2) is 75.1 Å². The number of nitrogens with zero attached hydrogens (tertiary/aromatic N) is 5. The summed E-state index contributed by atoms with van der Waals surface area (Å²) in [7, 11) is 1.51. The molecule has 12 heteroatoms. The number of para-hydroxylation sites is 1. The molecule has 1 aliphatic carbocycles. The van der Waals surface area contributed by atoms with Crippen molar-refractivity contribution in [2.75, 3.05) is 18.9 Å². The van der Waals surface area contributed by atoms with Crippen LogP contribution < -0.4 is 10.6 Å². The smallest absolute Gasteiger partial charge is 0.302 e. The first kappa shape index (κ1) is 31.2. The van der Waals surface area contributed by atoms with Crippen molar-refractivity contribution in [3.63, 3.8) is 0 Å². The Kier molecular flexibility index (Phi) is 7.61. The van der Waals surface area contributed by atoms with Gasteiger partial charge in [-0.3, -0.25) is 33.6 Å². The van der Waals surface area contributed by atoms with Gasteiger partial charge in [-0.05, 0) is 55.4 Å². The summed E-state index contributed by atoms with van der Waals surface area (Å²) in [6, 6.07) is 8.20. The average molecular weight is 628 g/mol. The standard InChI is InChI=1S/C34H38FN7O4/c1-19(37-29(43)20-13-21-17-42(22-11-12-22)39-28(21)24(35)14-20)30(44)40(6)26(15-33(2,3)4)31(45)41-18-34(16-27(41)36-5)23-9-7-8-10-25(23)38-32(34)46/h7-10,13-14,17,19,22,26-27H,11-12,15-16,18H2,1-4,6H3,(H,37,43)(H,38,46)/t19-,26-,27-,34-/m0/s1. The molecule has 1 saturated carbocycles. The second-order valence-electron chi connectivity index (χ2n) is 14.0. The Morgan fingerprint density at radius 1 is 1.24 bits per heavy atom. The van der Waals surface area contributed by atoms with Gasteiger partial charge in [0.1, 0.15) is 23.0 Å². The quantitative estimate of drug-likeness (QED) is 0.380. The zero-order valence-electron chi connectivity index (χ0n) is 26.6. The van der Waals surface area contributed by atoms with E-state index in [0.29, 0.717) is 11.1 Å². The number of aromatic nitrogens is 2. The van der Waals surface area contributed by atoms with Gasteiger partial charge in [0.25, 0.3) is 11.8 Å². The highest BCUT2D eigenvalue weighted by Gasteiger charge is 2.59. The molecular formula is C34H38FN7O4. The Morgan fingerprint density at radius 2 is 1.96 bits per heavy atom. The minimum atomic E-state index is -1.05. The molecule has 0 radical (unpaired) electrons. The highest BCUT2D eigenvalue weighted by atomic mass is 19.1. The molecule has 240 valence electrons. The van der Waals surface area contributed by atoms with Crippen molar-refractivity contribution in [2.45, 2.75) is 83.1 Å². The predicted molar refractivity (Wildman–Crippen MR) is 169 cm³/mol. The normalized spacial score (nSPS) is 21.9. The van der Waals surface area contributed by atoms with E-state index in [0.717, 1.165) is 24.5 Å². The van der Waals surface area contributed by atoms with Crippen LogP contribution in [-0.2, 0) is 19.8 Å². The predicted octanol–water partition coefficient (Wildman–Crippen LogP) is 4.26. The lowest BCUT2D eigenvalue weighted by atomic mass is 9.80. The molecule has 1 aromatic heterocycles. The van der Waals surface area contributed by atoms with Crippen LogP contribution in [0.25, 0.3) is 15.7 Å². The number of carbonyl (C=O) groups is 4. The van der Waals surface area contributed by atoms with Gasteiger partial charge in [0.2, 0.25) is 11.8 Å². The molecule has 1 spiro atoms. The van der Waals surface area contributed by atoms with Crippen molar-refractivity contribution in [1.82, 2.24) is 24.9 Å². The Balaban J connectivity index is 1.21. The van der Waals surface area contributed by atoms with Gasteiger partial charge in [0.05, 0.1) is 12.5 Å². The molecular weight excluding hydrogens is 589 g/mol. The zero-order chi connectivity index (χ0) is 33.1. The number of fused-ring (bicyclic) bond motifs is 3. The summed E-state index contributed by atoms with van der Waals surface area (Å²) in [5.41, 5.74) is 0.235. The van der Waals surface area contributed by atoms with Crippen LogP contribution in [0.2, 0.25) is 0 Å². The van der Waals surface area contributed by atoms with E-state index in [-0.39, 0.29) is 47.8 Å². The van der Waals surface area contributed by atoms with Crippen LogP contribution in [0.4, 0.5) is 10.1 Å². The highest BCUT2D eigenvalue weighted by Crippen LogP contribution is 2.47. The molecule has 2 aliphatic heterocycles. The summed E-state index contributed by atoms with van der Waals surface area (Å²) in [5, 5.41) is 10.4. The van der Waals surface area contributed by atoms with Gasteiger partial charge in [0, 0.05) is 36.4 Å². The summed E-state index contributed by atoms with van der Waals surface area (Å²) >= 11 is 0. The third-order valence-corrected chi connectivity index (χ3v) is 9.28. The number of amides is 4. The molecule has 46 heavy (non-hydrogen) atoms. The van der Waals surface area contributed by atoms with Crippen LogP contribution in [0.5, 0.6) is 0 Å². The minimum Gasteiger partial charge on any atom is -0.341 e. The number of nitrogens with one attached hydrogen (secondary N) is 2. The van der Waals surface area contributed by atoms with Gasteiger partial charge in [-0.1, -0.05) is 39.0 Å². The van der Waals surface area contributed by atoms with Crippen LogP contribution in [0, 0.1) is 17.8 Å². The van der Waals surface area contributed by atoms with E-state index in [2.05, 4.69) is 20.6 Å². The highest BCUT2D eigenvalue weighted by molar-refractivity contribution is 6.07. The Hall–Kier alpha value is -4.79. The Labute approximate surface area is 266 Å². The molecule has 3 aromatic rings. The zero-order valence-corrected chi connectivity index (χ0v) is 26.6. The van der Waals surface area contributed by atoms with Crippen molar-refractivity contribution in [3.05, 3.63) is 71.0 Å². The summed E-state index contributed by atoms with van der Waals surface area (Å²) in [6.45, 7) is 15.3. The SMILES string of the molecule is [C-]#[N+][C@@H]1C[C@@]2(CN1C(=O)[C@H](CC(C)(C)C)N(C)C(=O)[C@H](C)NC(=O)c1cc(F)c3nn(C4CC4)cc3c1)C(=O)Nc1ccccc12. The molecule has 11 nitrogen and oxygen atoms in total. The summed E-state index contributed by atoms with van der Waals surface area (Å²) in [6.07, 6.45) is 3.23. The lowest BCUT2D eigenvalue weighted by molar-refractivity contribution is -0.146. The topological polar surface area (TPSA) is 121 Å². The number of likely N-dealkylation sites (tertiary alicyclic amines) is 1. The van der Waals surface area contributed by atoms with E-state index in [4.69, 9.17) is 6.57 Å². The van der Waals surface area contributed by atoms with Gasteiger partial charge in [-0.2, -0.15) is 5.10 Å². The van der Waals surface area contributed by atoms with Crippen molar-refractivity contribution in [1.29, 1.82) is 0 Å². The van der Waals surface area contributed by atoms with E-state index in [9.17, 15) is 23.6 Å². The lowest BCUT2D eigenvalue weighted by Crippen LogP contribution is -2.56. The fourth-order valence-corrected chi connectivity index (χ4v) is 6.69. The number of anilines is 1. The molecule has 2 fully saturated rings. The van der Waals surface area contributed by atoms with Crippen molar-refractivity contribution in [3.8, 4) is 0 Å². The van der Waals surface area contributed by atoms with Crippen molar-refractivity contribution < 1.29 is 23.6 Å². The second-order valence-corrected chi connectivity index (χ2v) is 14.0. The van der Waals surface area contributed by atoms with Gasteiger partial charge in [-0.15, -0.1) is 0 Å². The Morgan fingerprint density at radius 3 is 2.63 bits per heavy atom. The third-order valence-electron chi connectivity index (χ3n) is 9.28. The van der Waals surface area contributed by atoms with Gasteiger partial charge < -0.3 is 15.5 Å². The van der Waals surface area contributed by atoms with E-state index in [1.165, 1.54) is 23.8 Å². The number of halogens is 1. The number of likely N-dealkylation sites (N-methyl/N-ethyl adjacent to an activating group) is 1. The molecule has 0 unspecified atom stereocenters. The largest absolute Gasteiger partial charge is 0.341 e. The molecule has 4 amide bonds. The fraction of sp³-hybridized carbons (Fsp3) is 0.471. The monoisotopic (exact) mass is 627 g/mol. The fourth-order valence-electron chi connectivity index (χ4n) is 6.69. The van der Waals surface area contributed by atoms with Crippen LogP contribution >= 0.6 is 0 Å². The molecule has 3 heterocycles. The third kappa shape index (κ3) is 5.48. The maximum Gasteiger partial charge on any atom is 0.302 e.